The predicted molar refractivity (Wildman–Crippen MR) is 99.2 cm³/mol. The molecule has 3 aliphatic heterocycles. The molecule has 2 unspecified atom stereocenters. The van der Waals surface area contributed by atoms with E-state index in [1.54, 1.807) is 30.3 Å². The van der Waals surface area contributed by atoms with Crippen LogP contribution in [0.5, 0.6) is 0 Å². The first-order chi connectivity index (χ1) is 12.0. The maximum atomic E-state index is 12.7. The first-order valence-corrected chi connectivity index (χ1v) is 9.39. The fourth-order valence-electron chi connectivity index (χ4n) is 4.10. The first-order valence-electron chi connectivity index (χ1n) is 8.63. The number of amides is 1. The quantitative estimate of drug-likeness (QED) is 0.856. The number of nitrogens with zero attached hydrogens (tertiary/aromatic N) is 1. The molecule has 2 atom stereocenters. The van der Waals surface area contributed by atoms with Crippen molar-refractivity contribution in [1.82, 2.24) is 10.2 Å². The van der Waals surface area contributed by atoms with Crippen LogP contribution in [0.2, 0.25) is 10.0 Å². The molecule has 3 fully saturated rings. The van der Waals surface area contributed by atoms with Gasteiger partial charge in [-0.1, -0.05) is 29.3 Å². The Morgan fingerprint density at radius 1 is 1.16 bits per heavy atom. The molecular formula is C19H20Cl2N2O2. The van der Waals surface area contributed by atoms with Crippen LogP contribution in [0.25, 0.3) is 11.3 Å². The molecule has 0 spiro atoms. The highest BCUT2D eigenvalue weighted by atomic mass is 35.5. The lowest BCUT2D eigenvalue weighted by atomic mass is 9.79. The topological polar surface area (TPSA) is 45.5 Å². The van der Waals surface area contributed by atoms with E-state index in [0.717, 1.165) is 25.9 Å². The third-order valence-corrected chi connectivity index (χ3v) is 6.14. The second-order valence-electron chi connectivity index (χ2n) is 6.87. The van der Waals surface area contributed by atoms with Gasteiger partial charge in [-0.3, -0.25) is 9.69 Å². The zero-order chi connectivity index (χ0) is 17.6. The number of hydrogen-bond acceptors (Lipinski definition) is 3. The minimum absolute atomic E-state index is 0.174. The summed E-state index contributed by atoms with van der Waals surface area (Å²) in [6.07, 6.45) is 2.29. The Balaban J connectivity index is 1.53. The van der Waals surface area contributed by atoms with Crippen molar-refractivity contribution in [3.63, 3.8) is 0 Å². The van der Waals surface area contributed by atoms with Gasteiger partial charge in [0.2, 0.25) is 0 Å². The van der Waals surface area contributed by atoms with E-state index in [0.29, 0.717) is 33.3 Å². The van der Waals surface area contributed by atoms with Crippen LogP contribution in [0.15, 0.2) is 34.7 Å². The summed E-state index contributed by atoms with van der Waals surface area (Å²) in [7, 11) is 0. The fourth-order valence-corrected chi connectivity index (χ4v) is 4.68. The number of piperidine rings is 3. The number of halogens is 2. The number of fused-ring (bicyclic) bond motifs is 3. The summed E-state index contributed by atoms with van der Waals surface area (Å²) in [6, 6.07) is 9.23. The van der Waals surface area contributed by atoms with Crippen molar-refractivity contribution in [1.29, 1.82) is 0 Å². The van der Waals surface area contributed by atoms with Crippen LogP contribution in [0.3, 0.4) is 0 Å². The number of hydrogen-bond donors (Lipinski definition) is 1. The lowest BCUT2D eigenvalue weighted by molar-refractivity contribution is 0.0211. The van der Waals surface area contributed by atoms with Crippen LogP contribution in [0.4, 0.5) is 0 Å². The van der Waals surface area contributed by atoms with Crippen LogP contribution in [-0.2, 0) is 0 Å². The SMILES string of the molecule is CC1C(NC(=O)c2ccc(-c3c(Cl)cccc3Cl)o2)C2CCN1CC2. The molecule has 1 amide bonds. The van der Waals surface area contributed by atoms with E-state index in [1.807, 2.05) is 0 Å². The van der Waals surface area contributed by atoms with E-state index in [1.165, 1.54) is 0 Å². The number of carbonyl (C=O) groups is 1. The molecule has 2 aromatic rings. The molecule has 4 heterocycles. The molecule has 4 nitrogen and oxygen atoms in total. The predicted octanol–water partition coefficient (Wildman–Crippen LogP) is 4.47. The van der Waals surface area contributed by atoms with Gasteiger partial charge in [0.05, 0.1) is 15.6 Å². The summed E-state index contributed by atoms with van der Waals surface area (Å²) in [5.41, 5.74) is 0.612. The lowest BCUT2D eigenvalue weighted by Gasteiger charge is -2.49. The second kappa shape index (κ2) is 6.67. The average Bonchev–Trinajstić information content (AvgIpc) is 3.08. The molecule has 132 valence electrons. The summed E-state index contributed by atoms with van der Waals surface area (Å²) >= 11 is 12.4. The molecule has 0 aliphatic carbocycles. The third-order valence-electron chi connectivity index (χ3n) is 5.51. The summed E-state index contributed by atoms with van der Waals surface area (Å²) in [4.78, 5) is 15.1. The largest absolute Gasteiger partial charge is 0.451 e. The Morgan fingerprint density at radius 3 is 2.48 bits per heavy atom. The van der Waals surface area contributed by atoms with Crippen LogP contribution < -0.4 is 5.32 Å². The zero-order valence-electron chi connectivity index (χ0n) is 14.0. The van der Waals surface area contributed by atoms with Crippen LogP contribution in [-0.4, -0.2) is 36.0 Å². The van der Waals surface area contributed by atoms with E-state index in [9.17, 15) is 4.79 Å². The van der Waals surface area contributed by atoms with Crippen molar-refractivity contribution >= 4 is 29.1 Å². The van der Waals surface area contributed by atoms with E-state index in [-0.39, 0.29) is 17.7 Å². The van der Waals surface area contributed by atoms with E-state index < -0.39 is 0 Å². The monoisotopic (exact) mass is 378 g/mol. The summed E-state index contributed by atoms with van der Waals surface area (Å²) in [6.45, 7) is 4.45. The normalized spacial score (nSPS) is 28.1. The highest BCUT2D eigenvalue weighted by Gasteiger charge is 2.40. The lowest BCUT2D eigenvalue weighted by Crippen LogP contribution is -2.62. The van der Waals surface area contributed by atoms with E-state index >= 15 is 0 Å². The fraction of sp³-hybridized carbons (Fsp3) is 0.421. The number of carbonyl (C=O) groups excluding carboxylic acids is 1. The maximum Gasteiger partial charge on any atom is 0.287 e. The van der Waals surface area contributed by atoms with Crippen molar-refractivity contribution in [3.8, 4) is 11.3 Å². The standard InChI is InChI=1S/C19H20Cl2N2O2/c1-11-18(12-7-9-23(11)10-8-12)22-19(24)16-6-5-15(25-16)17-13(20)3-2-4-14(17)21/h2-6,11-12,18H,7-10H2,1H3,(H,22,24). The summed E-state index contributed by atoms with van der Waals surface area (Å²) in [5.74, 6) is 1.16. The van der Waals surface area contributed by atoms with Gasteiger partial charge in [-0.25, -0.2) is 0 Å². The van der Waals surface area contributed by atoms with Gasteiger partial charge >= 0.3 is 0 Å². The molecule has 3 saturated heterocycles. The Hall–Kier alpha value is -1.49. The molecule has 5 rings (SSSR count). The van der Waals surface area contributed by atoms with Gasteiger partial charge < -0.3 is 9.73 Å². The van der Waals surface area contributed by atoms with Gasteiger partial charge in [0, 0.05) is 12.1 Å². The minimum Gasteiger partial charge on any atom is -0.451 e. The molecule has 25 heavy (non-hydrogen) atoms. The summed E-state index contributed by atoms with van der Waals surface area (Å²) < 4.78 is 5.76. The number of benzene rings is 1. The molecule has 2 bridgehead atoms. The zero-order valence-corrected chi connectivity index (χ0v) is 15.5. The Kier molecular flexibility index (Phi) is 4.52. The Bertz CT molecular complexity index is 774. The van der Waals surface area contributed by atoms with Gasteiger partial charge in [-0.05, 0) is 63.0 Å². The highest BCUT2D eigenvalue weighted by molar-refractivity contribution is 6.39. The number of nitrogens with one attached hydrogen (secondary N) is 1. The molecule has 1 N–H and O–H groups in total. The molecule has 1 aromatic carbocycles. The second-order valence-corrected chi connectivity index (χ2v) is 7.69. The Morgan fingerprint density at radius 2 is 1.84 bits per heavy atom. The number of rotatable bonds is 3. The third kappa shape index (κ3) is 3.07. The summed E-state index contributed by atoms with van der Waals surface area (Å²) in [5, 5.41) is 4.17. The molecule has 3 aliphatic rings. The maximum absolute atomic E-state index is 12.7. The first kappa shape index (κ1) is 17.0. The van der Waals surface area contributed by atoms with Crippen LogP contribution in [0.1, 0.15) is 30.3 Å². The van der Waals surface area contributed by atoms with Crippen molar-refractivity contribution < 1.29 is 9.21 Å². The number of furan rings is 1. The van der Waals surface area contributed by atoms with E-state index in [4.69, 9.17) is 27.6 Å². The molecule has 0 saturated carbocycles. The minimum atomic E-state index is -0.181. The smallest absolute Gasteiger partial charge is 0.287 e. The van der Waals surface area contributed by atoms with Gasteiger partial charge in [-0.15, -0.1) is 0 Å². The van der Waals surface area contributed by atoms with Crippen LogP contribution >= 0.6 is 23.2 Å². The molecule has 1 aromatic heterocycles. The van der Waals surface area contributed by atoms with Gasteiger partial charge in [0.1, 0.15) is 5.76 Å². The van der Waals surface area contributed by atoms with Gasteiger partial charge in [0.15, 0.2) is 5.76 Å². The molecular weight excluding hydrogens is 359 g/mol. The van der Waals surface area contributed by atoms with E-state index in [2.05, 4.69) is 17.1 Å². The van der Waals surface area contributed by atoms with Crippen molar-refractivity contribution in [2.45, 2.75) is 31.8 Å². The van der Waals surface area contributed by atoms with Crippen molar-refractivity contribution in [3.05, 3.63) is 46.1 Å². The Labute approximate surface area is 157 Å². The van der Waals surface area contributed by atoms with Gasteiger partial charge in [0.25, 0.3) is 5.91 Å². The molecule has 0 radical (unpaired) electrons. The average molecular weight is 379 g/mol. The van der Waals surface area contributed by atoms with Crippen molar-refractivity contribution in [2.24, 2.45) is 5.92 Å². The highest BCUT2D eigenvalue weighted by Crippen LogP contribution is 2.36. The van der Waals surface area contributed by atoms with Crippen molar-refractivity contribution in [2.75, 3.05) is 13.1 Å². The molecule has 6 heteroatoms. The van der Waals surface area contributed by atoms with Crippen LogP contribution in [0, 0.1) is 5.92 Å². The van der Waals surface area contributed by atoms with Gasteiger partial charge in [-0.2, -0.15) is 0 Å².